The molecule has 1 aromatic heterocycles. The van der Waals surface area contributed by atoms with Gasteiger partial charge in [0.05, 0.1) is 17.1 Å². The molecule has 1 heterocycles. The molecular formula is C13H18N4O2S. The molecule has 0 atom stereocenters. The number of aryl methyl sites for hydroxylation is 2. The third-order valence-corrected chi connectivity index (χ3v) is 4.61. The summed E-state index contributed by atoms with van der Waals surface area (Å²) in [6.45, 7) is 2.45. The lowest BCUT2D eigenvalue weighted by molar-refractivity contribution is 0.577. The van der Waals surface area contributed by atoms with Crippen LogP contribution in [0.2, 0.25) is 0 Å². The summed E-state index contributed by atoms with van der Waals surface area (Å²) in [5.41, 5.74) is 8.18. The molecule has 0 fully saturated rings. The van der Waals surface area contributed by atoms with E-state index < -0.39 is 10.0 Å². The maximum absolute atomic E-state index is 12.2. The second-order valence-corrected chi connectivity index (χ2v) is 6.33. The summed E-state index contributed by atoms with van der Waals surface area (Å²) in [5, 5.41) is 3.99. The Balaban J connectivity index is 2.18. The topological polar surface area (TPSA) is 90.0 Å². The highest BCUT2D eigenvalue weighted by Gasteiger charge is 2.15. The quantitative estimate of drug-likeness (QED) is 0.848. The van der Waals surface area contributed by atoms with E-state index in [1.54, 1.807) is 42.2 Å². The number of aromatic nitrogens is 2. The standard InChI is InChI=1S/C13H18N4O2S/c1-10-7-13(4-3-11(10)8-14)20(18,19)16-9-12-5-6-15-17(12)2/h3-7,16H,8-9,14H2,1-2H3. The first-order valence-corrected chi connectivity index (χ1v) is 7.68. The Morgan fingerprint density at radius 2 is 2.10 bits per heavy atom. The Hall–Kier alpha value is -1.70. The molecule has 6 nitrogen and oxygen atoms in total. The van der Waals surface area contributed by atoms with Gasteiger partial charge in [-0.05, 0) is 36.2 Å². The van der Waals surface area contributed by atoms with E-state index in [1.165, 1.54) is 0 Å². The molecule has 0 aliphatic carbocycles. The van der Waals surface area contributed by atoms with Crippen molar-refractivity contribution in [2.75, 3.05) is 0 Å². The van der Waals surface area contributed by atoms with E-state index in [9.17, 15) is 8.42 Å². The normalized spacial score (nSPS) is 11.8. The second kappa shape index (κ2) is 5.74. The van der Waals surface area contributed by atoms with E-state index >= 15 is 0 Å². The number of nitrogens with zero attached hydrogens (tertiary/aromatic N) is 2. The maximum Gasteiger partial charge on any atom is 0.240 e. The van der Waals surface area contributed by atoms with Crippen molar-refractivity contribution in [3.63, 3.8) is 0 Å². The van der Waals surface area contributed by atoms with Crippen LogP contribution in [-0.4, -0.2) is 18.2 Å². The van der Waals surface area contributed by atoms with Crippen molar-refractivity contribution < 1.29 is 8.42 Å². The van der Waals surface area contributed by atoms with Crippen molar-refractivity contribution >= 4 is 10.0 Å². The van der Waals surface area contributed by atoms with Crippen LogP contribution in [0.4, 0.5) is 0 Å². The average molecular weight is 294 g/mol. The predicted octanol–water partition coefficient (Wildman–Crippen LogP) is 0.666. The van der Waals surface area contributed by atoms with Crippen LogP contribution in [0.1, 0.15) is 16.8 Å². The Kier molecular flexibility index (Phi) is 4.22. The van der Waals surface area contributed by atoms with Gasteiger partial charge in [0, 0.05) is 19.8 Å². The van der Waals surface area contributed by atoms with Gasteiger partial charge in [-0.1, -0.05) is 6.07 Å². The first kappa shape index (κ1) is 14.7. The van der Waals surface area contributed by atoms with Crippen molar-refractivity contribution in [3.05, 3.63) is 47.3 Å². The first-order chi connectivity index (χ1) is 9.44. The zero-order valence-corrected chi connectivity index (χ0v) is 12.3. The Bertz CT molecular complexity index is 707. The highest BCUT2D eigenvalue weighted by Crippen LogP contribution is 2.15. The van der Waals surface area contributed by atoms with E-state index in [-0.39, 0.29) is 11.4 Å². The van der Waals surface area contributed by atoms with Crippen LogP contribution in [0.5, 0.6) is 0 Å². The SMILES string of the molecule is Cc1cc(S(=O)(=O)NCc2ccnn2C)ccc1CN. The molecule has 0 radical (unpaired) electrons. The lowest BCUT2D eigenvalue weighted by Crippen LogP contribution is -2.24. The van der Waals surface area contributed by atoms with E-state index in [0.29, 0.717) is 6.54 Å². The molecule has 2 rings (SSSR count). The van der Waals surface area contributed by atoms with Crippen LogP contribution < -0.4 is 10.5 Å². The largest absolute Gasteiger partial charge is 0.326 e. The fourth-order valence-corrected chi connectivity index (χ4v) is 2.98. The summed E-state index contributed by atoms with van der Waals surface area (Å²) in [7, 11) is -1.76. The van der Waals surface area contributed by atoms with Gasteiger partial charge in [0.25, 0.3) is 0 Å². The molecule has 7 heteroatoms. The summed E-state index contributed by atoms with van der Waals surface area (Å²) in [5.74, 6) is 0. The van der Waals surface area contributed by atoms with Crippen LogP contribution in [0.25, 0.3) is 0 Å². The number of benzene rings is 1. The van der Waals surface area contributed by atoms with Gasteiger partial charge in [-0.3, -0.25) is 4.68 Å². The third-order valence-electron chi connectivity index (χ3n) is 3.21. The lowest BCUT2D eigenvalue weighted by Gasteiger charge is -2.09. The molecule has 0 unspecified atom stereocenters. The molecule has 108 valence electrons. The third kappa shape index (κ3) is 3.06. The van der Waals surface area contributed by atoms with Crippen LogP contribution in [-0.2, 0) is 30.2 Å². The highest BCUT2D eigenvalue weighted by atomic mass is 32.2. The first-order valence-electron chi connectivity index (χ1n) is 6.20. The number of hydrogen-bond donors (Lipinski definition) is 2. The van der Waals surface area contributed by atoms with Crippen LogP contribution in [0.15, 0.2) is 35.4 Å². The van der Waals surface area contributed by atoms with Gasteiger partial charge in [-0.25, -0.2) is 13.1 Å². The molecule has 1 aromatic carbocycles. The number of nitrogens with one attached hydrogen (secondary N) is 1. The van der Waals surface area contributed by atoms with Gasteiger partial charge < -0.3 is 5.73 Å². The summed E-state index contributed by atoms with van der Waals surface area (Å²) in [6, 6.07) is 6.72. The van der Waals surface area contributed by atoms with Gasteiger partial charge in [-0.15, -0.1) is 0 Å². The van der Waals surface area contributed by atoms with Gasteiger partial charge in [0.2, 0.25) is 10.0 Å². The molecule has 3 N–H and O–H groups in total. The predicted molar refractivity (Wildman–Crippen MR) is 76.3 cm³/mol. The van der Waals surface area contributed by atoms with Crippen molar-refractivity contribution in [1.82, 2.24) is 14.5 Å². The smallest absolute Gasteiger partial charge is 0.240 e. The van der Waals surface area contributed by atoms with Crippen molar-refractivity contribution in [2.24, 2.45) is 12.8 Å². The molecule has 0 aliphatic heterocycles. The Morgan fingerprint density at radius 1 is 1.35 bits per heavy atom. The number of sulfonamides is 1. The molecule has 20 heavy (non-hydrogen) atoms. The van der Waals surface area contributed by atoms with E-state index in [4.69, 9.17) is 5.73 Å². The summed E-state index contributed by atoms with van der Waals surface area (Å²) in [4.78, 5) is 0.245. The summed E-state index contributed by atoms with van der Waals surface area (Å²) >= 11 is 0. The van der Waals surface area contributed by atoms with Gasteiger partial charge in [0.15, 0.2) is 0 Å². The number of rotatable bonds is 5. The summed E-state index contributed by atoms with van der Waals surface area (Å²) < 4.78 is 28.6. The fraction of sp³-hybridized carbons (Fsp3) is 0.308. The maximum atomic E-state index is 12.2. The van der Waals surface area contributed by atoms with E-state index in [2.05, 4.69) is 9.82 Å². The van der Waals surface area contributed by atoms with Gasteiger partial charge in [-0.2, -0.15) is 5.10 Å². The zero-order valence-electron chi connectivity index (χ0n) is 11.5. The fourth-order valence-electron chi connectivity index (χ4n) is 1.89. The molecule has 0 saturated heterocycles. The molecular weight excluding hydrogens is 276 g/mol. The number of nitrogens with two attached hydrogens (primary N) is 1. The van der Waals surface area contributed by atoms with Crippen molar-refractivity contribution in [3.8, 4) is 0 Å². The highest BCUT2D eigenvalue weighted by molar-refractivity contribution is 7.89. The number of hydrogen-bond acceptors (Lipinski definition) is 4. The molecule has 0 bridgehead atoms. The van der Waals surface area contributed by atoms with Crippen LogP contribution >= 0.6 is 0 Å². The molecule has 0 saturated carbocycles. The minimum absolute atomic E-state index is 0.205. The van der Waals surface area contributed by atoms with E-state index in [0.717, 1.165) is 16.8 Å². The average Bonchev–Trinajstić information content (AvgIpc) is 2.82. The zero-order chi connectivity index (χ0) is 14.8. The molecule has 0 aliphatic rings. The van der Waals surface area contributed by atoms with E-state index in [1.807, 2.05) is 6.92 Å². The Labute approximate surface area is 118 Å². The molecule has 2 aromatic rings. The van der Waals surface area contributed by atoms with Crippen molar-refractivity contribution in [1.29, 1.82) is 0 Å². The van der Waals surface area contributed by atoms with Gasteiger partial charge in [0.1, 0.15) is 0 Å². The minimum atomic E-state index is -3.53. The van der Waals surface area contributed by atoms with Crippen molar-refractivity contribution in [2.45, 2.75) is 24.9 Å². The second-order valence-electron chi connectivity index (χ2n) is 4.56. The summed E-state index contributed by atoms with van der Waals surface area (Å²) in [6.07, 6.45) is 1.63. The molecule has 0 amide bonds. The Morgan fingerprint density at radius 3 is 2.65 bits per heavy atom. The van der Waals surface area contributed by atoms with Crippen LogP contribution in [0, 0.1) is 6.92 Å². The monoisotopic (exact) mass is 294 g/mol. The van der Waals surface area contributed by atoms with Gasteiger partial charge >= 0.3 is 0 Å². The lowest BCUT2D eigenvalue weighted by atomic mass is 10.1. The minimum Gasteiger partial charge on any atom is -0.326 e. The van der Waals surface area contributed by atoms with Crippen LogP contribution in [0.3, 0.4) is 0 Å². The molecule has 0 spiro atoms.